The lowest BCUT2D eigenvalue weighted by atomic mass is 10.2. The first-order valence-electron chi connectivity index (χ1n) is 8.69. The van der Waals surface area contributed by atoms with E-state index in [0.717, 1.165) is 24.1 Å². The van der Waals surface area contributed by atoms with Gasteiger partial charge in [0.1, 0.15) is 0 Å². The molecule has 1 aliphatic rings. The first-order chi connectivity index (χ1) is 12.4. The van der Waals surface area contributed by atoms with Crippen LogP contribution in [0.2, 0.25) is 0 Å². The molecular formula is C19H23N3O2S2. The quantitative estimate of drug-likeness (QED) is 0.674. The Kier molecular flexibility index (Phi) is 5.78. The molecule has 0 heterocycles. The molecule has 7 heteroatoms. The smallest absolute Gasteiger partial charge is 0.261 e. The van der Waals surface area contributed by atoms with Crippen LogP contribution in [0.25, 0.3) is 0 Å². The number of rotatable bonds is 5. The SMILES string of the molecule is Cc1ccc(S(=O)(=O)Nc2ccc(NC(=S)NC3CCCC3)cc2)cc1. The van der Waals surface area contributed by atoms with E-state index in [1.807, 2.05) is 6.92 Å². The van der Waals surface area contributed by atoms with Gasteiger partial charge in [-0.2, -0.15) is 0 Å². The van der Waals surface area contributed by atoms with E-state index >= 15 is 0 Å². The molecule has 0 atom stereocenters. The van der Waals surface area contributed by atoms with E-state index in [0.29, 0.717) is 16.8 Å². The molecule has 26 heavy (non-hydrogen) atoms. The average molecular weight is 390 g/mol. The molecule has 0 unspecified atom stereocenters. The predicted molar refractivity (Wildman–Crippen MR) is 110 cm³/mol. The Hall–Kier alpha value is -2.12. The third-order valence-corrected chi connectivity index (χ3v) is 6.03. The Bertz CT molecular complexity index is 857. The van der Waals surface area contributed by atoms with Gasteiger partial charge < -0.3 is 10.6 Å². The maximum absolute atomic E-state index is 12.4. The van der Waals surface area contributed by atoms with Crippen LogP contribution in [-0.2, 0) is 10.0 Å². The molecule has 0 aromatic heterocycles. The number of hydrogen-bond acceptors (Lipinski definition) is 3. The molecule has 3 rings (SSSR count). The predicted octanol–water partition coefficient (Wildman–Crippen LogP) is 4.02. The molecule has 0 radical (unpaired) electrons. The van der Waals surface area contributed by atoms with Crippen LogP contribution in [0, 0.1) is 6.92 Å². The standard InChI is InChI=1S/C19H23N3O2S2/c1-14-6-12-18(13-7-14)26(23,24)22-17-10-8-16(9-11-17)21-19(25)20-15-4-2-3-5-15/h6-13,15,22H,2-5H2,1H3,(H2,20,21,25). The highest BCUT2D eigenvalue weighted by Gasteiger charge is 2.16. The summed E-state index contributed by atoms with van der Waals surface area (Å²) in [6.07, 6.45) is 4.80. The van der Waals surface area contributed by atoms with E-state index in [9.17, 15) is 8.42 Å². The van der Waals surface area contributed by atoms with Gasteiger partial charge in [-0.05, 0) is 68.4 Å². The molecule has 0 spiro atoms. The summed E-state index contributed by atoms with van der Waals surface area (Å²) in [5.74, 6) is 0. The Morgan fingerprint density at radius 2 is 1.54 bits per heavy atom. The van der Waals surface area contributed by atoms with Crippen molar-refractivity contribution in [3.8, 4) is 0 Å². The zero-order valence-corrected chi connectivity index (χ0v) is 16.3. The summed E-state index contributed by atoms with van der Waals surface area (Å²) in [4.78, 5) is 0.243. The summed E-state index contributed by atoms with van der Waals surface area (Å²) in [7, 11) is -3.59. The molecule has 0 bridgehead atoms. The second-order valence-corrected chi connectivity index (χ2v) is 8.67. The van der Waals surface area contributed by atoms with Crippen LogP contribution in [0.1, 0.15) is 31.2 Å². The maximum Gasteiger partial charge on any atom is 0.261 e. The van der Waals surface area contributed by atoms with Crippen LogP contribution in [0.4, 0.5) is 11.4 Å². The minimum absolute atomic E-state index is 0.243. The second kappa shape index (κ2) is 8.05. The minimum Gasteiger partial charge on any atom is -0.360 e. The second-order valence-electron chi connectivity index (χ2n) is 6.58. The summed E-state index contributed by atoms with van der Waals surface area (Å²) in [5, 5.41) is 7.06. The van der Waals surface area contributed by atoms with Gasteiger partial charge in [0.15, 0.2) is 5.11 Å². The molecule has 2 aromatic carbocycles. The minimum atomic E-state index is -3.59. The molecule has 2 aromatic rings. The van der Waals surface area contributed by atoms with Crippen LogP contribution < -0.4 is 15.4 Å². The zero-order valence-electron chi connectivity index (χ0n) is 14.7. The molecule has 5 nitrogen and oxygen atoms in total. The van der Waals surface area contributed by atoms with Crippen LogP contribution in [0.3, 0.4) is 0 Å². The molecule has 1 aliphatic carbocycles. The van der Waals surface area contributed by atoms with Gasteiger partial charge in [0, 0.05) is 17.4 Å². The number of aryl methyl sites for hydroxylation is 1. The van der Waals surface area contributed by atoms with Crippen molar-refractivity contribution in [2.24, 2.45) is 0 Å². The third kappa shape index (κ3) is 4.95. The Labute approximate surface area is 160 Å². The summed E-state index contributed by atoms with van der Waals surface area (Å²) in [5.41, 5.74) is 2.34. The lowest BCUT2D eigenvalue weighted by molar-refractivity contribution is 0.601. The fourth-order valence-corrected chi connectivity index (χ4v) is 4.32. The Morgan fingerprint density at radius 1 is 0.962 bits per heavy atom. The molecule has 0 amide bonds. The van der Waals surface area contributed by atoms with Crippen molar-refractivity contribution >= 4 is 38.7 Å². The summed E-state index contributed by atoms with van der Waals surface area (Å²) in [6, 6.07) is 14.2. The van der Waals surface area contributed by atoms with Gasteiger partial charge in [0.25, 0.3) is 10.0 Å². The number of hydrogen-bond donors (Lipinski definition) is 3. The topological polar surface area (TPSA) is 70.2 Å². The first kappa shape index (κ1) is 18.7. The summed E-state index contributed by atoms with van der Waals surface area (Å²) < 4.78 is 27.4. The molecule has 0 saturated heterocycles. The van der Waals surface area contributed by atoms with Crippen molar-refractivity contribution in [1.82, 2.24) is 5.32 Å². The third-order valence-electron chi connectivity index (χ3n) is 4.42. The van der Waals surface area contributed by atoms with Gasteiger partial charge in [0.05, 0.1) is 4.90 Å². The van der Waals surface area contributed by atoms with Crippen molar-refractivity contribution in [2.45, 2.75) is 43.5 Å². The van der Waals surface area contributed by atoms with Gasteiger partial charge in [0.2, 0.25) is 0 Å². The number of benzene rings is 2. The average Bonchev–Trinajstić information content (AvgIpc) is 3.09. The van der Waals surface area contributed by atoms with Crippen molar-refractivity contribution in [2.75, 3.05) is 10.0 Å². The first-order valence-corrected chi connectivity index (χ1v) is 10.6. The van der Waals surface area contributed by atoms with Crippen molar-refractivity contribution < 1.29 is 8.42 Å². The molecule has 138 valence electrons. The highest BCUT2D eigenvalue weighted by atomic mass is 32.2. The number of nitrogens with one attached hydrogen (secondary N) is 3. The van der Waals surface area contributed by atoms with Gasteiger partial charge in [-0.15, -0.1) is 0 Å². The van der Waals surface area contributed by atoms with Crippen LogP contribution in [-0.4, -0.2) is 19.6 Å². The van der Waals surface area contributed by atoms with Gasteiger partial charge in [-0.1, -0.05) is 30.5 Å². The number of sulfonamides is 1. The van der Waals surface area contributed by atoms with E-state index in [1.54, 1.807) is 48.5 Å². The van der Waals surface area contributed by atoms with E-state index in [2.05, 4.69) is 15.4 Å². The fourth-order valence-electron chi connectivity index (χ4n) is 2.98. The summed E-state index contributed by atoms with van der Waals surface area (Å²) in [6.45, 7) is 1.92. The van der Waals surface area contributed by atoms with E-state index < -0.39 is 10.0 Å². The highest BCUT2D eigenvalue weighted by Crippen LogP contribution is 2.20. The molecule has 3 N–H and O–H groups in total. The van der Waals surface area contributed by atoms with Crippen LogP contribution in [0.5, 0.6) is 0 Å². The molecule has 1 fully saturated rings. The monoisotopic (exact) mass is 389 g/mol. The van der Waals surface area contributed by atoms with Gasteiger partial charge >= 0.3 is 0 Å². The van der Waals surface area contributed by atoms with E-state index in [1.165, 1.54) is 12.8 Å². The molecular weight excluding hydrogens is 366 g/mol. The lowest BCUT2D eigenvalue weighted by Gasteiger charge is -2.16. The largest absolute Gasteiger partial charge is 0.360 e. The molecule has 0 aliphatic heterocycles. The van der Waals surface area contributed by atoms with Crippen molar-refractivity contribution in [3.05, 3.63) is 54.1 Å². The molecule has 1 saturated carbocycles. The Balaban J connectivity index is 1.60. The number of thiocarbonyl (C=S) groups is 1. The number of anilines is 2. The lowest BCUT2D eigenvalue weighted by Crippen LogP contribution is -2.35. The maximum atomic E-state index is 12.4. The Morgan fingerprint density at radius 3 is 2.15 bits per heavy atom. The van der Waals surface area contributed by atoms with Crippen LogP contribution in [0.15, 0.2) is 53.4 Å². The van der Waals surface area contributed by atoms with Gasteiger partial charge in [-0.25, -0.2) is 8.42 Å². The summed E-state index contributed by atoms with van der Waals surface area (Å²) >= 11 is 5.33. The van der Waals surface area contributed by atoms with E-state index in [-0.39, 0.29) is 4.90 Å². The van der Waals surface area contributed by atoms with Crippen molar-refractivity contribution in [3.63, 3.8) is 0 Å². The fraction of sp³-hybridized carbons (Fsp3) is 0.316. The van der Waals surface area contributed by atoms with Crippen molar-refractivity contribution in [1.29, 1.82) is 0 Å². The normalized spacial score (nSPS) is 14.8. The highest BCUT2D eigenvalue weighted by molar-refractivity contribution is 7.92. The van der Waals surface area contributed by atoms with Gasteiger partial charge in [-0.3, -0.25) is 4.72 Å². The van der Waals surface area contributed by atoms with E-state index in [4.69, 9.17) is 12.2 Å². The zero-order chi connectivity index (χ0) is 18.6. The van der Waals surface area contributed by atoms with Crippen LogP contribution >= 0.6 is 12.2 Å².